The highest BCUT2D eigenvalue weighted by atomic mass is 19.1. The lowest BCUT2D eigenvalue weighted by Crippen LogP contribution is -2.52. The zero-order valence-electron chi connectivity index (χ0n) is 30.0. The molecule has 1 unspecified atom stereocenters. The SMILES string of the molecule is Cc1nn(C2CCCCO2)c2nc(-c3ccc(OCc4ccccc4)cc3F)cc(CN3C[C@@H](c4ccccc4)N(Cc4ccccc4)C[C@@H]3C)c12. The Morgan fingerprint density at radius 3 is 2.25 bits per heavy atom. The lowest BCUT2D eigenvalue weighted by Gasteiger charge is -2.46. The molecule has 2 aliphatic heterocycles. The van der Waals surface area contributed by atoms with Gasteiger partial charge in [0.2, 0.25) is 0 Å². The molecule has 2 aromatic heterocycles. The van der Waals surface area contributed by atoms with Gasteiger partial charge in [-0.15, -0.1) is 0 Å². The topological polar surface area (TPSA) is 55.7 Å². The molecule has 0 aliphatic carbocycles. The zero-order valence-corrected chi connectivity index (χ0v) is 30.0. The zero-order chi connectivity index (χ0) is 35.4. The highest BCUT2D eigenvalue weighted by Crippen LogP contribution is 2.36. The summed E-state index contributed by atoms with van der Waals surface area (Å²) < 4.78 is 30.2. The Morgan fingerprint density at radius 2 is 1.54 bits per heavy atom. The fraction of sp³-hybridized carbons (Fsp3) is 0.318. The van der Waals surface area contributed by atoms with E-state index in [-0.39, 0.29) is 24.1 Å². The van der Waals surface area contributed by atoms with Gasteiger partial charge in [0, 0.05) is 61.9 Å². The Bertz CT molecular complexity index is 2100. The fourth-order valence-corrected chi connectivity index (χ4v) is 7.84. The van der Waals surface area contributed by atoms with Crippen LogP contribution >= 0.6 is 0 Å². The van der Waals surface area contributed by atoms with E-state index < -0.39 is 0 Å². The number of aryl methyl sites for hydroxylation is 1. The van der Waals surface area contributed by atoms with Crippen LogP contribution in [0.2, 0.25) is 0 Å². The van der Waals surface area contributed by atoms with Crippen molar-refractivity contribution in [3.63, 3.8) is 0 Å². The maximum Gasteiger partial charge on any atom is 0.161 e. The first-order valence-electron chi connectivity index (χ1n) is 18.5. The number of halogens is 1. The predicted octanol–water partition coefficient (Wildman–Crippen LogP) is 9.27. The van der Waals surface area contributed by atoms with Crippen molar-refractivity contribution in [2.45, 2.75) is 71.1 Å². The van der Waals surface area contributed by atoms with Crippen LogP contribution in [0.15, 0.2) is 115 Å². The first-order valence-corrected chi connectivity index (χ1v) is 18.5. The summed E-state index contributed by atoms with van der Waals surface area (Å²) in [4.78, 5) is 10.3. The molecular formula is C44H46FN5O2. The molecule has 2 saturated heterocycles. The Hall–Kier alpha value is -4.89. The van der Waals surface area contributed by atoms with E-state index >= 15 is 4.39 Å². The van der Waals surface area contributed by atoms with Gasteiger partial charge in [0.1, 0.15) is 18.2 Å². The average Bonchev–Trinajstić information content (AvgIpc) is 3.52. The summed E-state index contributed by atoms with van der Waals surface area (Å²) in [5.74, 6) is 0.115. The van der Waals surface area contributed by atoms with Crippen molar-refractivity contribution in [1.82, 2.24) is 24.6 Å². The largest absolute Gasteiger partial charge is 0.489 e. The molecule has 2 fully saturated rings. The molecule has 8 rings (SSSR count). The quantitative estimate of drug-likeness (QED) is 0.142. The summed E-state index contributed by atoms with van der Waals surface area (Å²) >= 11 is 0. The van der Waals surface area contributed by atoms with Gasteiger partial charge in [-0.2, -0.15) is 5.10 Å². The van der Waals surface area contributed by atoms with Gasteiger partial charge in [-0.3, -0.25) is 9.80 Å². The van der Waals surface area contributed by atoms with Crippen LogP contribution in [-0.2, 0) is 24.4 Å². The number of rotatable bonds is 10. The molecule has 3 atom stereocenters. The van der Waals surface area contributed by atoms with Crippen LogP contribution < -0.4 is 4.74 Å². The molecule has 0 amide bonds. The van der Waals surface area contributed by atoms with Gasteiger partial charge >= 0.3 is 0 Å². The van der Waals surface area contributed by atoms with Crippen LogP contribution in [0.5, 0.6) is 5.75 Å². The Balaban J connectivity index is 1.14. The molecule has 0 saturated carbocycles. The van der Waals surface area contributed by atoms with Crippen LogP contribution in [0.1, 0.15) is 66.4 Å². The Morgan fingerprint density at radius 1 is 0.808 bits per heavy atom. The van der Waals surface area contributed by atoms with Crippen molar-refractivity contribution in [3.05, 3.63) is 149 Å². The Labute approximate surface area is 305 Å². The van der Waals surface area contributed by atoms with E-state index in [0.717, 1.165) is 66.8 Å². The van der Waals surface area contributed by atoms with Crippen molar-refractivity contribution in [1.29, 1.82) is 0 Å². The van der Waals surface area contributed by atoms with Gasteiger partial charge in [0.15, 0.2) is 11.9 Å². The van der Waals surface area contributed by atoms with Gasteiger partial charge in [-0.05, 0) is 73.6 Å². The lowest BCUT2D eigenvalue weighted by molar-refractivity contribution is -0.0371. The van der Waals surface area contributed by atoms with E-state index in [2.05, 4.69) is 90.4 Å². The number of piperazine rings is 1. The second-order valence-electron chi connectivity index (χ2n) is 14.3. The van der Waals surface area contributed by atoms with Gasteiger partial charge in [0.25, 0.3) is 0 Å². The number of fused-ring (bicyclic) bond motifs is 1. The number of benzene rings is 4. The Kier molecular flexibility index (Phi) is 10.1. The van der Waals surface area contributed by atoms with Crippen LogP contribution in [0.25, 0.3) is 22.3 Å². The van der Waals surface area contributed by atoms with Crippen molar-refractivity contribution >= 4 is 11.0 Å². The third-order valence-corrected chi connectivity index (χ3v) is 10.6. The third kappa shape index (κ3) is 7.37. The molecule has 6 aromatic rings. The number of pyridine rings is 1. The minimum Gasteiger partial charge on any atom is -0.489 e. The molecule has 7 nitrogen and oxygen atoms in total. The monoisotopic (exact) mass is 695 g/mol. The highest BCUT2D eigenvalue weighted by molar-refractivity contribution is 5.85. The minimum atomic E-state index is -0.368. The predicted molar refractivity (Wildman–Crippen MR) is 203 cm³/mol. The van der Waals surface area contributed by atoms with Crippen LogP contribution in [-0.4, -0.2) is 50.3 Å². The summed E-state index contributed by atoms with van der Waals surface area (Å²) in [6, 6.07) is 39.2. The van der Waals surface area contributed by atoms with E-state index in [4.69, 9.17) is 19.6 Å². The fourth-order valence-electron chi connectivity index (χ4n) is 7.84. The summed E-state index contributed by atoms with van der Waals surface area (Å²) in [5, 5.41) is 6.05. The first kappa shape index (κ1) is 34.2. The maximum atomic E-state index is 16.1. The van der Waals surface area contributed by atoms with Gasteiger partial charge < -0.3 is 9.47 Å². The molecule has 0 N–H and O–H groups in total. The molecular weight excluding hydrogens is 650 g/mol. The number of aromatic nitrogens is 3. The normalized spacial score (nSPS) is 19.9. The van der Waals surface area contributed by atoms with Crippen LogP contribution in [0.4, 0.5) is 4.39 Å². The van der Waals surface area contributed by atoms with E-state index in [1.54, 1.807) is 6.07 Å². The van der Waals surface area contributed by atoms with E-state index in [9.17, 15) is 0 Å². The van der Waals surface area contributed by atoms with Crippen molar-refractivity contribution in [2.75, 3.05) is 19.7 Å². The smallest absolute Gasteiger partial charge is 0.161 e. The summed E-state index contributed by atoms with van der Waals surface area (Å²) in [7, 11) is 0. The lowest BCUT2D eigenvalue weighted by atomic mass is 9.97. The summed E-state index contributed by atoms with van der Waals surface area (Å²) in [6.07, 6.45) is 2.79. The average molecular weight is 696 g/mol. The number of nitrogens with zero attached hydrogens (tertiary/aromatic N) is 5. The van der Waals surface area contributed by atoms with Crippen LogP contribution in [0.3, 0.4) is 0 Å². The highest BCUT2D eigenvalue weighted by Gasteiger charge is 2.34. The first-order chi connectivity index (χ1) is 25.5. The van der Waals surface area contributed by atoms with Crippen LogP contribution in [0, 0.1) is 12.7 Å². The van der Waals surface area contributed by atoms with Gasteiger partial charge in [0.05, 0.1) is 11.4 Å². The molecule has 2 aliphatic rings. The maximum absolute atomic E-state index is 16.1. The molecule has 4 aromatic carbocycles. The number of ether oxygens (including phenoxy) is 2. The van der Waals surface area contributed by atoms with Gasteiger partial charge in [-0.1, -0.05) is 91.0 Å². The third-order valence-electron chi connectivity index (χ3n) is 10.6. The second kappa shape index (κ2) is 15.4. The van der Waals surface area contributed by atoms with E-state index in [0.29, 0.717) is 36.8 Å². The molecule has 0 radical (unpaired) electrons. The molecule has 0 spiro atoms. The molecule has 52 heavy (non-hydrogen) atoms. The molecule has 0 bridgehead atoms. The molecule has 8 heteroatoms. The van der Waals surface area contributed by atoms with E-state index in [1.165, 1.54) is 17.2 Å². The van der Waals surface area contributed by atoms with E-state index in [1.807, 2.05) is 41.1 Å². The number of hydrogen-bond donors (Lipinski definition) is 0. The second-order valence-corrected chi connectivity index (χ2v) is 14.3. The van der Waals surface area contributed by atoms with Crippen molar-refractivity contribution in [2.24, 2.45) is 0 Å². The van der Waals surface area contributed by atoms with Crippen molar-refractivity contribution in [3.8, 4) is 17.0 Å². The molecule has 266 valence electrons. The molecule has 4 heterocycles. The number of hydrogen-bond acceptors (Lipinski definition) is 6. The van der Waals surface area contributed by atoms with Crippen molar-refractivity contribution < 1.29 is 13.9 Å². The minimum absolute atomic E-state index is 0.193. The van der Waals surface area contributed by atoms with Gasteiger partial charge in [-0.25, -0.2) is 14.1 Å². The standard InChI is InChI=1S/C44H46FN5O2/c1-31-26-49(27-33-14-6-3-7-15-33)41(35-18-10-5-11-19-35)29-48(31)28-36-24-40(46-44-43(36)32(2)47-50(44)42-20-12-13-23-51-42)38-22-21-37(25-39(38)45)52-30-34-16-8-4-9-17-34/h3-11,14-19,21-22,24-25,31,41-42H,12-13,20,23,26-30H2,1-2H3/t31-,41-,42?/m0/s1. The summed E-state index contributed by atoms with van der Waals surface area (Å²) in [5.41, 5.74) is 7.44. The summed E-state index contributed by atoms with van der Waals surface area (Å²) in [6.45, 7) is 8.80.